The van der Waals surface area contributed by atoms with Crippen molar-refractivity contribution in [3.8, 4) is 0 Å². The van der Waals surface area contributed by atoms with Crippen molar-refractivity contribution in [3.63, 3.8) is 0 Å². The van der Waals surface area contributed by atoms with Gasteiger partial charge in [-0.1, -0.05) is 17.4 Å². The standard InChI is InChI=1S/C18H23N3O2S/c1-12-9-13(2)16-15(10-12)24-18(19-16)21-7-8-23-14(11-21)17(22)20-5-3-4-6-20/h9-10,14H,3-8,11H2,1-2H3. The molecule has 2 fully saturated rings. The minimum atomic E-state index is -0.355. The highest BCUT2D eigenvalue weighted by Gasteiger charge is 2.32. The van der Waals surface area contributed by atoms with Gasteiger partial charge in [0.15, 0.2) is 11.2 Å². The molecule has 0 saturated carbocycles. The first-order valence-corrected chi connectivity index (χ1v) is 9.46. The molecule has 0 radical (unpaired) electrons. The molecule has 0 bridgehead atoms. The van der Waals surface area contributed by atoms with Gasteiger partial charge in [0.2, 0.25) is 0 Å². The molecule has 1 amide bonds. The number of likely N-dealkylation sites (tertiary alicyclic amines) is 1. The highest BCUT2D eigenvalue weighted by Crippen LogP contribution is 2.32. The largest absolute Gasteiger partial charge is 0.365 e. The van der Waals surface area contributed by atoms with Gasteiger partial charge in [-0.25, -0.2) is 4.98 Å². The minimum absolute atomic E-state index is 0.144. The maximum atomic E-state index is 12.6. The van der Waals surface area contributed by atoms with Crippen LogP contribution in [0, 0.1) is 13.8 Å². The molecule has 128 valence electrons. The number of aromatic nitrogens is 1. The first kappa shape index (κ1) is 15.8. The Kier molecular flexibility index (Phi) is 4.18. The maximum Gasteiger partial charge on any atom is 0.253 e. The van der Waals surface area contributed by atoms with E-state index in [-0.39, 0.29) is 12.0 Å². The normalized spacial score (nSPS) is 21.7. The van der Waals surface area contributed by atoms with Gasteiger partial charge in [0.1, 0.15) is 0 Å². The average molecular weight is 345 g/mol. The summed E-state index contributed by atoms with van der Waals surface area (Å²) in [6, 6.07) is 4.36. The summed E-state index contributed by atoms with van der Waals surface area (Å²) in [6.07, 6.45) is 1.86. The Balaban J connectivity index is 1.55. The van der Waals surface area contributed by atoms with Crippen LogP contribution in [0.15, 0.2) is 12.1 Å². The van der Waals surface area contributed by atoms with Gasteiger partial charge in [0.25, 0.3) is 5.91 Å². The number of fused-ring (bicyclic) bond motifs is 1. The number of carbonyl (C=O) groups excluding carboxylic acids is 1. The number of hydrogen-bond donors (Lipinski definition) is 0. The molecule has 5 nitrogen and oxygen atoms in total. The van der Waals surface area contributed by atoms with E-state index in [0.717, 1.165) is 43.1 Å². The summed E-state index contributed by atoms with van der Waals surface area (Å²) in [7, 11) is 0. The molecule has 4 rings (SSSR count). The summed E-state index contributed by atoms with van der Waals surface area (Å²) in [5.41, 5.74) is 3.55. The van der Waals surface area contributed by atoms with E-state index in [9.17, 15) is 4.79 Å². The summed E-state index contributed by atoms with van der Waals surface area (Å²) in [6.45, 7) is 7.95. The molecule has 0 N–H and O–H groups in total. The molecule has 0 aliphatic carbocycles. The summed E-state index contributed by atoms with van der Waals surface area (Å²) in [4.78, 5) is 21.6. The summed E-state index contributed by atoms with van der Waals surface area (Å²) in [5.74, 6) is 0.144. The molecule has 3 heterocycles. The Bertz CT molecular complexity index is 767. The molecule has 1 unspecified atom stereocenters. The third kappa shape index (κ3) is 2.89. The van der Waals surface area contributed by atoms with Crippen LogP contribution in [0.2, 0.25) is 0 Å². The van der Waals surface area contributed by atoms with Crippen molar-refractivity contribution in [2.75, 3.05) is 37.7 Å². The summed E-state index contributed by atoms with van der Waals surface area (Å²) < 4.78 is 6.98. The zero-order valence-corrected chi connectivity index (χ0v) is 15.1. The Morgan fingerprint density at radius 3 is 2.83 bits per heavy atom. The lowest BCUT2D eigenvalue weighted by molar-refractivity contribution is -0.143. The van der Waals surface area contributed by atoms with Crippen LogP contribution < -0.4 is 4.90 Å². The molecule has 2 aliphatic heterocycles. The molecule has 24 heavy (non-hydrogen) atoms. The Hall–Kier alpha value is -1.66. The molecule has 6 heteroatoms. The monoisotopic (exact) mass is 345 g/mol. The Labute approximate surface area is 146 Å². The van der Waals surface area contributed by atoms with Crippen LogP contribution in [0.4, 0.5) is 5.13 Å². The van der Waals surface area contributed by atoms with Gasteiger partial charge in [0, 0.05) is 19.6 Å². The van der Waals surface area contributed by atoms with Crippen LogP contribution in [0.5, 0.6) is 0 Å². The topological polar surface area (TPSA) is 45.7 Å². The first-order valence-electron chi connectivity index (χ1n) is 8.65. The van der Waals surface area contributed by atoms with Crippen LogP contribution in [0.25, 0.3) is 10.2 Å². The van der Waals surface area contributed by atoms with E-state index >= 15 is 0 Å². The second-order valence-electron chi connectivity index (χ2n) is 6.76. The Morgan fingerprint density at radius 2 is 2.04 bits per heavy atom. The molecule has 0 spiro atoms. The van der Waals surface area contributed by atoms with E-state index in [2.05, 4.69) is 30.9 Å². The summed E-state index contributed by atoms with van der Waals surface area (Å²) in [5, 5.41) is 1.00. The minimum Gasteiger partial charge on any atom is -0.365 e. The van der Waals surface area contributed by atoms with Crippen molar-refractivity contribution < 1.29 is 9.53 Å². The van der Waals surface area contributed by atoms with Crippen LogP contribution in [-0.4, -0.2) is 54.7 Å². The van der Waals surface area contributed by atoms with Gasteiger partial charge in [-0.15, -0.1) is 0 Å². The van der Waals surface area contributed by atoms with E-state index in [1.807, 2.05) is 4.90 Å². The van der Waals surface area contributed by atoms with E-state index in [1.165, 1.54) is 15.8 Å². The predicted molar refractivity (Wildman–Crippen MR) is 96.9 cm³/mol. The predicted octanol–water partition coefficient (Wildman–Crippen LogP) is 2.74. The number of nitrogens with zero attached hydrogens (tertiary/aromatic N) is 3. The molecular weight excluding hydrogens is 322 g/mol. The van der Waals surface area contributed by atoms with Gasteiger partial charge >= 0.3 is 0 Å². The molecule has 1 aromatic carbocycles. The number of ether oxygens (including phenoxy) is 1. The van der Waals surface area contributed by atoms with E-state index < -0.39 is 0 Å². The van der Waals surface area contributed by atoms with Crippen molar-refractivity contribution in [1.82, 2.24) is 9.88 Å². The number of carbonyl (C=O) groups is 1. The number of anilines is 1. The van der Waals surface area contributed by atoms with Crippen LogP contribution in [0.3, 0.4) is 0 Å². The number of aryl methyl sites for hydroxylation is 2. The fraction of sp³-hybridized carbons (Fsp3) is 0.556. The Morgan fingerprint density at radius 1 is 1.25 bits per heavy atom. The lowest BCUT2D eigenvalue weighted by Gasteiger charge is -2.33. The average Bonchev–Trinajstić information content (AvgIpc) is 3.23. The molecule has 2 aliphatic rings. The SMILES string of the molecule is Cc1cc(C)c2nc(N3CCOC(C(=O)N4CCCC4)C3)sc2c1. The van der Waals surface area contributed by atoms with Gasteiger partial charge in [-0.2, -0.15) is 0 Å². The zero-order chi connectivity index (χ0) is 16.7. The maximum absolute atomic E-state index is 12.6. The van der Waals surface area contributed by atoms with Gasteiger partial charge in [-0.05, 0) is 43.9 Å². The summed E-state index contributed by atoms with van der Waals surface area (Å²) >= 11 is 1.71. The molecule has 2 saturated heterocycles. The van der Waals surface area contributed by atoms with Gasteiger partial charge < -0.3 is 14.5 Å². The van der Waals surface area contributed by atoms with Crippen molar-refractivity contribution in [2.24, 2.45) is 0 Å². The fourth-order valence-corrected chi connectivity index (χ4v) is 4.78. The molecule has 1 aromatic heterocycles. The smallest absolute Gasteiger partial charge is 0.253 e. The number of amides is 1. The number of morpholine rings is 1. The number of thiazole rings is 1. The van der Waals surface area contributed by atoms with Crippen LogP contribution >= 0.6 is 11.3 Å². The molecular formula is C18H23N3O2S. The van der Waals surface area contributed by atoms with Crippen LogP contribution in [-0.2, 0) is 9.53 Å². The van der Waals surface area contributed by atoms with Gasteiger partial charge in [0.05, 0.1) is 23.4 Å². The van der Waals surface area contributed by atoms with E-state index in [4.69, 9.17) is 9.72 Å². The van der Waals surface area contributed by atoms with Gasteiger partial charge in [-0.3, -0.25) is 4.79 Å². The second kappa shape index (κ2) is 6.33. The van der Waals surface area contributed by atoms with Crippen LogP contribution in [0.1, 0.15) is 24.0 Å². The second-order valence-corrected chi connectivity index (χ2v) is 7.77. The van der Waals surface area contributed by atoms with Crippen molar-refractivity contribution in [1.29, 1.82) is 0 Å². The lowest BCUT2D eigenvalue weighted by Crippen LogP contribution is -2.50. The highest BCUT2D eigenvalue weighted by atomic mass is 32.1. The fourth-order valence-electron chi connectivity index (χ4n) is 3.61. The van der Waals surface area contributed by atoms with E-state index in [1.54, 1.807) is 11.3 Å². The number of benzene rings is 1. The third-order valence-electron chi connectivity index (χ3n) is 4.85. The highest BCUT2D eigenvalue weighted by molar-refractivity contribution is 7.22. The lowest BCUT2D eigenvalue weighted by atomic mass is 10.1. The quantitative estimate of drug-likeness (QED) is 0.840. The number of rotatable bonds is 2. The zero-order valence-electron chi connectivity index (χ0n) is 14.2. The molecule has 1 atom stereocenters. The molecule has 2 aromatic rings. The first-order chi connectivity index (χ1) is 11.6. The third-order valence-corrected chi connectivity index (χ3v) is 5.91. The van der Waals surface area contributed by atoms with E-state index in [0.29, 0.717) is 13.2 Å². The number of hydrogen-bond acceptors (Lipinski definition) is 5. The van der Waals surface area contributed by atoms with Crippen molar-refractivity contribution in [3.05, 3.63) is 23.3 Å². The van der Waals surface area contributed by atoms with Crippen molar-refractivity contribution in [2.45, 2.75) is 32.8 Å². The van der Waals surface area contributed by atoms with Crippen molar-refractivity contribution >= 4 is 32.6 Å².